The molecule has 140 valence electrons. The number of hydrogen-bond donors (Lipinski definition) is 2. The monoisotopic (exact) mass is 392 g/mol. The number of carbonyl (C=O) groups is 1. The summed E-state index contributed by atoms with van der Waals surface area (Å²) in [5.74, 6) is 1.82. The fourth-order valence-electron chi connectivity index (χ4n) is 3.81. The van der Waals surface area contributed by atoms with Crippen molar-refractivity contribution < 1.29 is 4.79 Å². The van der Waals surface area contributed by atoms with Crippen LogP contribution in [0.5, 0.6) is 0 Å². The normalized spacial score (nSPS) is 20.3. The first kappa shape index (κ1) is 18.0. The number of fused-ring (bicyclic) bond motifs is 3. The summed E-state index contributed by atoms with van der Waals surface area (Å²) in [6, 6.07) is 0.239. The van der Waals surface area contributed by atoms with Gasteiger partial charge in [0.15, 0.2) is 0 Å². The number of aromatic amines is 1. The number of thiophene rings is 1. The number of rotatable bonds is 4. The Balaban J connectivity index is 1.43. The Morgan fingerprint density at radius 3 is 3.08 bits per heavy atom. The van der Waals surface area contributed by atoms with Gasteiger partial charge in [-0.25, -0.2) is 4.98 Å². The molecule has 0 unspecified atom stereocenters. The Hall–Kier alpha value is -1.38. The van der Waals surface area contributed by atoms with Gasteiger partial charge < -0.3 is 15.2 Å². The summed E-state index contributed by atoms with van der Waals surface area (Å²) in [5, 5.41) is 4.09. The van der Waals surface area contributed by atoms with E-state index in [1.54, 1.807) is 11.3 Å². The molecule has 0 saturated carbocycles. The lowest BCUT2D eigenvalue weighted by atomic mass is 9.97. The smallest absolute Gasteiger partial charge is 0.259 e. The summed E-state index contributed by atoms with van der Waals surface area (Å²) in [7, 11) is 0. The first-order chi connectivity index (χ1) is 12.6. The van der Waals surface area contributed by atoms with E-state index in [1.807, 2.05) is 4.90 Å². The van der Waals surface area contributed by atoms with E-state index in [9.17, 15) is 9.59 Å². The van der Waals surface area contributed by atoms with Gasteiger partial charge in [0.2, 0.25) is 5.91 Å². The highest BCUT2D eigenvalue weighted by atomic mass is 32.2. The summed E-state index contributed by atoms with van der Waals surface area (Å²) in [4.78, 5) is 36.7. The van der Waals surface area contributed by atoms with Gasteiger partial charge in [-0.3, -0.25) is 9.59 Å². The summed E-state index contributed by atoms with van der Waals surface area (Å²) in [6.07, 6.45) is 4.41. The van der Waals surface area contributed by atoms with Gasteiger partial charge in [-0.1, -0.05) is 0 Å². The van der Waals surface area contributed by atoms with Gasteiger partial charge in [0.25, 0.3) is 5.56 Å². The number of hydrogen-bond acceptors (Lipinski definition) is 6. The quantitative estimate of drug-likeness (QED) is 0.831. The minimum Gasteiger partial charge on any atom is -0.337 e. The highest BCUT2D eigenvalue weighted by molar-refractivity contribution is 7.99. The number of aryl methyl sites for hydroxylation is 2. The van der Waals surface area contributed by atoms with Crippen LogP contribution in [-0.4, -0.2) is 52.2 Å². The number of aromatic nitrogens is 2. The SMILES string of the molecule is C[C@@H]1CNCCN1C(=O)CSCc1nc2sc3c(c2c(=O)[nH]1)CCCC3. The van der Waals surface area contributed by atoms with Crippen LogP contribution in [0.4, 0.5) is 0 Å². The molecule has 6 nitrogen and oxygen atoms in total. The van der Waals surface area contributed by atoms with Crippen LogP contribution < -0.4 is 10.9 Å². The van der Waals surface area contributed by atoms with Crippen LogP contribution in [0.1, 0.15) is 36.0 Å². The highest BCUT2D eigenvalue weighted by Crippen LogP contribution is 2.33. The van der Waals surface area contributed by atoms with Crippen molar-refractivity contribution in [2.24, 2.45) is 0 Å². The average molecular weight is 393 g/mol. The van der Waals surface area contributed by atoms with Crippen molar-refractivity contribution >= 4 is 39.2 Å². The topological polar surface area (TPSA) is 78.1 Å². The van der Waals surface area contributed by atoms with Crippen molar-refractivity contribution in [2.45, 2.75) is 44.4 Å². The lowest BCUT2D eigenvalue weighted by Crippen LogP contribution is -2.52. The van der Waals surface area contributed by atoms with Crippen molar-refractivity contribution in [3.8, 4) is 0 Å². The maximum atomic E-state index is 12.5. The third-order valence-corrected chi connectivity index (χ3v) is 7.27. The van der Waals surface area contributed by atoms with Gasteiger partial charge in [-0.05, 0) is 38.2 Å². The fraction of sp³-hybridized carbons (Fsp3) is 0.611. The van der Waals surface area contributed by atoms with Crippen LogP contribution in [0.25, 0.3) is 10.2 Å². The molecule has 3 heterocycles. The van der Waals surface area contributed by atoms with Crippen molar-refractivity contribution in [1.82, 2.24) is 20.2 Å². The third-order valence-electron chi connectivity index (χ3n) is 5.16. The minimum atomic E-state index is -0.0212. The van der Waals surface area contributed by atoms with Crippen LogP contribution in [0.2, 0.25) is 0 Å². The zero-order valence-electron chi connectivity index (χ0n) is 15.0. The van der Waals surface area contributed by atoms with E-state index >= 15 is 0 Å². The van der Waals surface area contributed by atoms with E-state index in [1.165, 1.54) is 28.6 Å². The maximum absolute atomic E-state index is 12.5. The molecule has 0 radical (unpaired) electrons. The molecule has 0 spiro atoms. The van der Waals surface area contributed by atoms with Crippen molar-refractivity contribution in [3.63, 3.8) is 0 Å². The molecule has 1 atom stereocenters. The van der Waals surface area contributed by atoms with Gasteiger partial charge >= 0.3 is 0 Å². The molecule has 1 saturated heterocycles. The standard InChI is InChI=1S/C18H24N4O2S2/c1-11-8-19-6-7-22(11)15(23)10-25-9-14-20-17(24)16-12-4-2-3-5-13(12)26-18(16)21-14/h11,19H,2-10H2,1H3,(H,20,21,24)/t11-/m1/s1. The van der Waals surface area contributed by atoms with Crippen molar-refractivity contribution in [1.29, 1.82) is 0 Å². The number of H-pyrrole nitrogens is 1. The number of thioether (sulfide) groups is 1. The molecule has 2 aliphatic rings. The molecule has 4 rings (SSSR count). The van der Waals surface area contributed by atoms with E-state index in [0.717, 1.165) is 49.1 Å². The zero-order valence-corrected chi connectivity index (χ0v) is 16.6. The Morgan fingerprint density at radius 2 is 2.23 bits per heavy atom. The van der Waals surface area contributed by atoms with Crippen molar-refractivity contribution in [3.05, 3.63) is 26.6 Å². The molecule has 1 amide bonds. The van der Waals surface area contributed by atoms with Crippen molar-refractivity contribution in [2.75, 3.05) is 25.4 Å². The number of nitrogens with zero attached hydrogens (tertiary/aromatic N) is 2. The number of piperazine rings is 1. The van der Waals surface area contributed by atoms with Gasteiger partial charge in [0.1, 0.15) is 10.7 Å². The number of amides is 1. The molecule has 2 aromatic rings. The predicted molar refractivity (Wildman–Crippen MR) is 107 cm³/mol. The first-order valence-electron chi connectivity index (χ1n) is 9.25. The predicted octanol–water partition coefficient (Wildman–Crippen LogP) is 1.92. The Labute approximate surface area is 160 Å². The molecule has 1 aliphatic carbocycles. The van der Waals surface area contributed by atoms with E-state index in [0.29, 0.717) is 17.3 Å². The maximum Gasteiger partial charge on any atom is 0.259 e. The van der Waals surface area contributed by atoms with Gasteiger partial charge in [0.05, 0.1) is 16.9 Å². The molecular formula is C18H24N4O2S2. The Morgan fingerprint density at radius 1 is 1.38 bits per heavy atom. The Bertz CT molecular complexity index is 876. The second kappa shape index (κ2) is 7.70. The van der Waals surface area contributed by atoms with Gasteiger partial charge in [-0.2, -0.15) is 0 Å². The minimum absolute atomic E-state index is 0.0212. The molecule has 0 bridgehead atoms. The molecule has 2 N–H and O–H groups in total. The van der Waals surface area contributed by atoms with E-state index < -0.39 is 0 Å². The lowest BCUT2D eigenvalue weighted by Gasteiger charge is -2.33. The van der Waals surface area contributed by atoms with Crippen LogP contribution in [0, 0.1) is 0 Å². The fourth-order valence-corrected chi connectivity index (χ4v) is 5.86. The summed E-state index contributed by atoms with van der Waals surface area (Å²) >= 11 is 3.19. The number of carbonyl (C=O) groups excluding carboxylic acids is 1. The summed E-state index contributed by atoms with van der Waals surface area (Å²) in [5.41, 5.74) is 1.19. The average Bonchev–Trinajstić information content (AvgIpc) is 3.00. The molecule has 1 aliphatic heterocycles. The summed E-state index contributed by atoms with van der Waals surface area (Å²) in [6.45, 7) is 4.54. The first-order valence-corrected chi connectivity index (χ1v) is 11.2. The van der Waals surface area contributed by atoms with Crippen LogP contribution in [0.15, 0.2) is 4.79 Å². The molecular weight excluding hydrogens is 368 g/mol. The van der Waals surface area contributed by atoms with Gasteiger partial charge in [0, 0.05) is 30.6 Å². The number of nitrogens with one attached hydrogen (secondary N) is 2. The van der Waals surface area contributed by atoms with Gasteiger partial charge in [-0.15, -0.1) is 23.1 Å². The second-order valence-electron chi connectivity index (χ2n) is 7.04. The molecule has 8 heteroatoms. The highest BCUT2D eigenvalue weighted by Gasteiger charge is 2.23. The molecule has 2 aromatic heterocycles. The lowest BCUT2D eigenvalue weighted by molar-refractivity contribution is -0.131. The Kier molecular flexibility index (Phi) is 5.33. The summed E-state index contributed by atoms with van der Waals surface area (Å²) < 4.78 is 0. The van der Waals surface area contributed by atoms with E-state index in [4.69, 9.17) is 0 Å². The molecule has 0 aromatic carbocycles. The largest absolute Gasteiger partial charge is 0.337 e. The second-order valence-corrected chi connectivity index (χ2v) is 9.11. The van der Waals surface area contributed by atoms with E-state index in [-0.39, 0.29) is 17.5 Å². The van der Waals surface area contributed by atoms with Crippen LogP contribution in [0.3, 0.4) is 0 Å². The molecule has 26 heavy (non-hydrogen) atoms. The third kappa shape index (κ3) is 3.54. The van der Waals surface area contributed by atoms with E-state index in [2.05, 4.69) is 22.2 Å². The zero-order chi connectivity index (χ0) is 18.1. The molecule has 1 fully saturated rings. The van der Waals surface area contributed by atoms with Crippen LogP contribution >= 0.6 is 23.1 Å². The van der Waals surface area contributed by atoms with Crippen LogP contribution in [-0.2, 0) is 23.4 Å².